The van der Waals surface area contributed by atoms with Crippen molar-refractivity contribution in [2.45, 2.75) is 19.6 Å². The van der Waals surface area contributed by atoms with Gasteiger partial charge in [0.25, 0.3) is 0 Å². The van der Waals surface area contributed by atoms with Crippen molar-refractivity contribution in [3.63, 3.8) is 0 Å². The molecule has 1 atom stereocenters. The predicted octanol–water partition coefficient (Wildman–Crippen LogP) is 3.20. The van der Waals surface area contributed by atoms with Gasteiger partial charge in [0.2, 0.25) is 0 Å². The second-order valence-electron chi connectivity index (χ2n) is 4.68. The molecule has 21 heavy (non-hydrogen) atoms. The van der Waals surface area contributed by atoms with Crippen molar-refractivity contribution in [2.75, 3.05) is 7.11 Å². The molecule has 2 rings (SSSR count). The molecule has 4 nitrogen and oxygen atoms in total. The fourth-order valence-electron chi connectivity index (χ4n) is 1.96. The number of benzene rings is 2. The number of nitrogens with zero attached hydrogens (tertiary/aromatic N) is 1. The molecule has 0 amide bonds. The third-order valence-corrected chi connectivity index (χ3v) is 3.13. The van der Waals surface area contributed by atoms with Gasteiger partial charge in [0, 0.05) is 0 Å². The van der Waals surface area contributed by atoms with E-state index in [9.17, 15) is 5.11 Å². The Kier molecular flexibility index (Phi) is 4.81. The molecule has 2 aromatic carbocycles. The van der Waals surface area contributed by atoms with E-state index in [2.05, 4.69) is 6.07 Å². The maximum Gasteiger partial charge on any atom is 0.136 e. The summed E-state index contributed by atoms with van der Waals surface area (Å²) in [6, 6.07) is 14.8. The van der Waals surface area contributed by atoms with Gasteiger partial charge in [-0.05, 0) is 42.3 Å². The lowest BCUT2D eigenvalue weighted by molar-refractivity contribution is 0.198. The van der Waals surface area contributed by atoms with Gasteiger partial charge in [0.1, 0.15) is 24.2 Å². The summed E-state index contributed by atoms with van der Waals surface area (Å²) in [7, 11) is 1.54. The number of hydrogen-bond donors (Lipinski definition) is 1. The quantitative estimate of drug-likeness (QED) is 0.915. The first-order valence-corrected chi connectivity index (χ1v) is 6.62. The van der Waals surface area contributed by atoms with Crippen LogP contribution >= 0.6 is 0 Å². The fraction of sp³-hybridized carbons (Fsp3) is 0.235. The van der Waals surface area contributed by atoms with Crippen LogP contribution in [0, 0.1) is 11.3 Å². The monoisotopic (exact) mass is 283 g/mol. The normalized spacial score (nSPS) is 11.5. The first-order chi connectivity index (χ1) is 10.1. The van der Waals surface area contributed by atoms with Gasteiger partial charge in [-0.3, -0.25) is 0 Å². The van der Waals surface area contributed by atoms with Gasteiger partial charge in [-0.25, -0.2) is 0 Å². The van der Waals surface area contributed by atoms with Gasteiger partial charge in [-0.15, -0.1) is 0 Å². The zero-order valence-corrected chi connectivity index (χ0v) is 12.0. The Morgan fingerprint density at radius 3 is 2.71 bits per heavy atom. The molecule has 1 N–H and O–H groups in total. The predicted molar refractivity (Wildman–Crippen MR) is 79.1 cm³/mol. The van der Waals surface area contributed by atoms with Crippen LogP contribution in [0.25, 0.3) is 0 Å². The summed E-state index contributed by atoms with van der Waals surface area (Å²) < 4.78 is 10.8. The Bertz CT molecular complexity index is 659. The number of ether oxygens (including phenoxy) is 2. The Labute approximate surface area is 124 Å². The van der Waals surface area contributed by atoms with E-state index in [1.165, 1.54) is 7.11 Å². The van der Waals surface area contributed by atoms with Crippen molar-refractivity contribution in [3.05, 3.63) is 59.2 Å². The highest BCUT2D eigenvalue weighted by atomic mass is 16.5. The summed E-state index contributed by atoms with van der Waals surface area (Å²) >= 11 is 0. The summed E-state index contributed by atoms with van der Waals surface area (Å²) in [6.45, 7) is 2.06. The average Bonchev–Trinajstić information content (AvgIpc) is 2.52. The summed E-state index contributed by atoms with van der Waals surface area (Å²) in [5.41, 5.74) is 2.17. The maximum absolute atomic E-state index is 9.55. The van der Waals surface area contributed by atoms with E-state index in [1.807, 2.05) is 24.3 Å². The van der Waals surface area contributed by atoms with E-state index in [0.29, 0.717) is 23.7 Å². The van der Waals surface area contributed by atoms with Crippen molar-refractivity contribution in [1.29, 1.82) is 5.26 Å². The third kappa shape index (κ3) is 3.74. The van der Waals surface area contributed by atoms with E-state index in [-0.39, 0.29) is 0 Å². The molecular weight excluding hydrogens is 266 g/mol. The molecular formula is C17H17NO3. The van der Waals surface area contributed by atoms with Gasteiger partial charge < -0.3 is 14.6 Å². The smallest absolute Gasteiger partial charge is 0.136 e. The van der Waals surface area contributed by atoms with Crippen molar-refractivity contribution in [3.8, 4) is 17.6 Å². The average molecular weight is 283 g/mol. The minimum atomic E-state index is -0.528. The number of aliphatic hydroxyl groups excluding tert-OH is 1. The molecule has 0 saturated carbocycles. The van der Waals surface area contributed by atoms with Crippen LogP contribution in [0.15, 0.2) is 42.5 Å². The Hall–Kier alpha value is -2.51. The van der Waals surface area contributed by atoms with E-state index >= 15 is 0 Å². The molecule has 0 unspecified atom stereocenters. The lowest BCUT2D eigenvalue weighted by Gasteiger charge is -2.10. The van der Waals surface area contributed by atoms with Crippen molar-refractivity contribution in [1.82, 2.24) is 0 Å². The van der Waals surface area contributed by atoms with Crippen LogP contribution in [0.5, 0.6) is 11.5 Å². The number of rotatable bonds is 5. The molecule has 0 radical (unpaired) electrons. The molecule has 2 aromatic rings. The second-order valence-corrected chi connectivity index (χ2v) is 4.68. The Morgan fingerprint density at radius 1 is 1.24 bits per heavy atom. The highest BCUT2D eigenvalue weighted by Gasteiger charge is 2.05. The van der Waals surface area contributed by atoms with E-state index in [4.69, 9.17) is 14.7 Å². The first-order valence-electron chi connectivity index (χ1n) is 6.62. The topological polar surface area (TPSA) is 62.5 Å². The van der Waals surface area contributed by atoms with Gasteiger partial charge in [0.05, 0.1) is 18.8 Å². The van der Waals surface area contributed by atoms with Crippen LogP contribution in [0.1, 0.15) is 29.7 Å². The third-order valence-electron chi connectivity index (χ3n) is 3.13. The molecule has 0 aliphatic rings. The van der Waals surface area contributed by atoms with E-state index < -0.39 is 6.10 Å². The molecule has 0 fully saturated rings. The summed E-state index contributed by atoms with van der Waals surface area (Å²) in [4.78, 5) is 0. The van der Waals surface area contributed by atoms with E-state index in [0.717, 1.165) is 11.1 Å². The molecule has 4 heteroatoms. The van der Waals surface area contributed by atoms with Crippen LogP contribution in [0.2, 0.25) is 0 Å². The Balaban J connectivity index is 2.10. The molecule has 0 aromatic heterocycles. The number of methoxy groups -OCH3 is 1. The summed E-state index contributed by atoms with van der Waals surface area (Å²) in [6.07, 6.45) is -0.528. The van der Waals surface area contributed by atoms with Crippen molar-refractivity contribution < 1.29 is 14.6 Å². The fourth-order valence-corrected chi connectivity index (χ4v) is 1.96. The summed E-state index contributed by atoms with van der Waals surface area (Å²) in [5, 5.41) is 18.6. The second kappa shape index (κ2) is 6.78. The van der Waals surface area contributed by atoms with Crippen molar-refractivity contribution >= 4 is 0 Å². The summed E-state index contributed by atoms with van der Waals surface area (Å²) in [5.74, 6) is 1.24. The first kappa shape index (κ1) is 14.9. The highest BCUT2D eigenvalue weighted by Crippen LogP contribution is 2.22. The van der Waals surface area contributed by atoms with Gasteiger partial charge in [-0.2, -0.15) is 5.26 Å². The zero-order valence-electron chi connectivity index (χ0n) is 12.0. The van der Waals surface area contributed by atoms with Crippen molar-refractivity contribution in [2.24, 2.45) is 0 Å². The van der Waals surface area contributed by atoms with E-state index in [1.54, 1.807) is 25.1 Å². The molecule has 0 heterocycles. The molecule has 0 aliphatic carbocycles. The van der Waals surface area contributed by atoms with Crippen LogP contribution in [0.3, 0.4) is 0 Å². The molecule has 108 valence electrons. The van der Waals surface area contributed by atoms with Crippen LogP contribution in [0.4, 0.5) is 0 Å². The molecule has 0 saturated heterocycles. The Morgan fingerprint density at radius 2 is 2.05 bits per heavy atom. The van der Waals surface area contributed by atoms with Gasteiger partial charge in [0.15, 0.2) is 0 Å². The lowest BCUT2D eigenvalue weighted by atomic mass is 10.1. The SMILES string of the molecule is COc1ccc(COc2cccc([C@H](C)O)c2)cc1C#N. The standard InChI is InChI=1S/C17H17NO3/c1-12(19)14-4-3-5-16(9-14)21-11-13-6-7-17(20-2)15(8-13)10-18/h3-9,12,19H,11H2,1-2H3/t12-/m0/s1. The number of nitriles is 1. The highest BCUT2D eigenvalue weighted by molar-refractivity contribution is 5.45. The lowest BCUT2D eigenvalue weighted by Crippen LogP contribution is -1.98. The number of hydrogen-bond acceptors (Lipinski definition) is 4. The molecule has 0 aliphatic heterocycles. The minimum Gasteiger partial charge on any atom is -0.495 e. The van der Waals surface area contributed by atoms with Crippen LogP contribution in [-0.4, -0.2) is 12.2 Å². The maximum atomic E-state index is 9.55. The minimum absolute atomic E-state index is 0.349. The number of aliphatic hydroxyl groups is 1. The largest absolute Gasteiger partial charge is 0.495 e. The molecule has 0 spiro atoms. The molecule has 0 bridgehead atoms. The van der Waals surface area contributed by atoms with Crippen LogP contribution < -0.4 is 9.47 Å². The van der Waals surface area contributed by atoms with Crippen LogP contribution in [-0.2, 0) is 6.61 Å². The van der Waals surface area contributed by atoms with Gasteiger partial charge >= 0.3 is 0 Å². The zero-order chi connectivity index (χ0) is 15.2. The van der Waals surface area contributed by atoms with Gasteiger partial charge in [-0.1, -0.05) is 18.2 Å².